The fourth-order valence-electron chi connectivity index (χ4n) is 2.13. The molecule has 8 heteroatoms. The van der Waals surface area contributed by atoms with E-state index in [1.54, 1.807) is 18.5 Å². The van der Waals surface area contributed by atoms with E-state index in [4.69, 9.17) is 0 Å². The van der Waals surface area contributed by atoms with Gasteiger partial charge in [0.05, 0.1) is 0 Å². The summed E-state index contributed by atoms with van der Waals surface area (Å²) in [7, 11) is 0. The number of rotatable bonds is 7. The number of aromatic nitrogens is 3. The van der Waals surface area contributed by atoms with E-state index in [1.165, 1.54) is 12.1 Å². The van der Waals surface area contributed by atoms with Crippen LogP contribution in [0.5, 0.6) is 0 Å². The van der Waals surface area contributed by atoms with Crippen LogP contribution in [-0.2, 0) is 19.5 Å². The van der Waals surface area contributed by atoms with E-state index < -0.39 is 0 Å². The zero-order valence-corrected chi connectivity index (χ0v) is 16.3. The van der Waals surface area contributed by atoms with E-state index in [9.17, 15) is 4.39 Å². The number of hydrogen-bond donors (Lipinski definition) is 2. The predicted octanol–water partition coefficient (Wildman–Crippen LogP) is 2.35. The molecule has 0 atom stereocenters. The molecule has 0 amide bonds. The zero-order chi connectivity index (χ0) is 16.5. The van der Waals surface area contributed by atoms with Crippen LogP contribution in [0.4, 0.5) is 4.39 Å². The fourth-order valence-corrected chi connectivity index (χ4v) is 2.13. The maximum atomic E-state index is 12.9. The van der Waals surface area contributed by atoms with Crippen LogP contribution in [-0.4, -0.2) is 33.8 Å². The molecule has 132 valence electrons. The molecule has 0 saturated heterocycles. The number of aliphatic imine (C=N–C) groups is 1. The number of aryl methyl sites for hydroxylation is 1. The molecule has 2 N–H and O–H groups in total. The summed E-state index contributed by atoms with van der Waals surface area (Å²) in [6, 6.07) is 6.55. The maximum absolute atomic E-state index is 12.9. The van der Waals surface area contributed by atoms with E-state index in [2.05, 4.69) is 25.8 Å². The highest BCUT2D eigenvalue weighted by molar-refractivity contribution is 14.0. The average Bonchev–Trinajstić information content (AvgIpc) is 3.02. The summed E-state index contributed by atoms with van der Waals surface area (Å²) in [5.74, 6) is 1.36. The van der Waals surface area contributed by atoms with Gasteiger partial charge in [-0.15, -0.1) is 34.2 Å². The first-order chi connectivity index (χ1) is 11.2. The molecule has 0 aliphatic heterocycles. The summed E-state index contributed by atoms with van der Waals surface area (Å²) in [5.41, 5.74) is 1.08. The number of nitrogens with one attached hydrogen (secondary N) is 2. The third-order valence-electron chi connectivity index (χ3n) is 3.38. The third kappa shape index (κ3) is 6.42. The molecule has 0 saturated carbocycles. The van der Waals surface area contributed by atoms with Crippen LogP contribution in [0.1, 0.15) is 25.2 Å². The van der Waals surface area contributed by atoms with Crippen molar-refractivity contribution in [2.75, 3.05) is 13.1 Å². The lowest BCUT2D eigenvalue weighted by Gasteiger charge is -2.11. The monoisotopic (exact) mass is 446 g/mol. The van der Waals surface area contributed by atoms with E-state index in [0.29, 0.717) is 6.54 Å². The van der Waals surface area contributed by atoms with Crippen LogP contribution >= 0.6 is 24.0 Å². The number of halogens is 2. The van der Waals surface area contributed by atoms with Crippen molar-refractivity contribution in [2.45, 2.75) is 33.4 Å². The Morgan fingerprint density at radius 1 is 1.21 bits per heavy atom. The van der Waals surface area contributed by atoms with Crippen molar-refractivity contribution in [3.63, 3.8) is 0 Å². The average molecular weight is 446 g/mol. The number of guanidine groups is 1. The molecule has 0 aliphatic carbocycles. The Morgan fingerprint density at radius 3 is 2.62 bits per heavy atom. The molecular formula is C16H24FIN6. The molecule has 6 nitrogen and oxygen atoms in total. The molecule has 2 rings (SSSR count). The molecule has 0 bridgehead atoms. The third-order valence-corrected chi connectivity index (χ3v) is 3.38. The van der Waals surface area contributed by atoms with Crippen LogP contribution in [0.3, 0.4) is 0 Å². The van der Waals surface area contributed by atoms with Crippen LogP contribution in [0.2, 0.25) is 0 Å². The van der Waals surface area contributed by atoms with Crippen LogP contribution < -0.4 is 10.6 Å². The topological polar surface area (TPSA) is 67.1 Å². The standard InChI is InChI=1S/C16H23FN6.HI/c1-3-18-16(20-11-15-22-21-12-23(15)4-2)19-10-9-13-5-7-14(17)8-6-13;/h5-8,12H,3-4,9-11H2,1-2H3,(H2,18,19,20);1H. The molecule has 1 aromatic heterocycles. The Hall–Kier alpha value is -1.71. The van der Waals surface area contributed by atoms with Gasteiger partial charge in [-0.1, -0.05) is 12.1 Å². The first-order valence-electron chi connectivity index (χ1n) is 7.86. The minimum atomic E-state index is -0.211. The Balaban J connectivity index is 0.00000288. The van der Waals surface area contributed by atoms with Crippen molar-refractivity contribution in [3.8, 4) is 0 Å². The lowest BCUT2D eigenvalue weighted by atomic mass is 10.1. The Labute approximate surface area is 159 Å². The molecule has 0 unspecified atom stereocenters. The highest BCUT2D eigenvalue weighted by Gasteiger charge is 2.03. The van der Waals surface area contributed by atoms with Gasteiger partial charge in [0.25, 0.3) is 0 Å². The van der Waals surface area contributed by atoms with Crippen molar-refractivity contribution in [2.24, 2.45) is 4.99 Å². The van der Waals surface area contributed by atoms with Crippen molar-refractivity contribution in [3.05, 3.63) is 47.8 Å². The molecule has 0 aliphatic rings. The summed E-state index contributed by atoms with van der Waals surface area (Å²) in [5, 5.41) is 14.4. The van der Waals surface area contributed by atoms with Gasteiger partial charge in [0.1, 0.15) is 18.7 Å². The molecule has 0 spiro atoms. The lowest BCUT2D eigenvalue weighted by molar-refractivity contribution is 0.626. The second-order valence-electron chi connectivity index (χ2n) is 5.03. The van der Waals surface area contributed by atoms with Gasteiger partial charge < -0.3 is 15.2 Å². The van der Waals surface area contributed by atoms with E-state index in [1.807, 2.05) is 18.4 Å². The summed E-state index contributed by atoms with van der Waals surface area (Å²) in [4.78, 5) is 4.52. The SMILES string of the molecule is CCNC(=NCc1nncn1CC)NCCc1ccc(F)cc1.I. The fraction of sp³-hybridized carbons (Fsp3) is 0.438. The quantitative estimate of drug-likeness (QED) is 0.390. The van der Waals surface area contributed by atoms with Crippen LogP contribution in [0.15, 0.2) is 35.6 Å². The van der Waals surface area contributed by atoms with Crippen molar-refractivity contribution < 1.29 is 4.39 Å². The molecule has 24 heavy (non-hydrogen) atoms. The molecular weight excluding hydrogens is 422 g/mol. The Morgan fingerprint density at radius 2 is 1.96 bits per heavy atom. The van der Waals surface area contributed by atoms with Gasteiger partial charge in [0.15, 0.2) is 11.8 Å². The van der Waals surface area contributed by atoms with Gasteiger partial charge in [-0.05, 0) is 38.0 Å². The largest absolute Gasteiger partial charge is 0.357 e. The molecule has 0 fully saturated rings. The highest BCUT2D eigenvalue weighted by atomic mass is 127. The minimum Gasteiger partial charge on any atom is -0.357 e. The van der Waals surface area contributed by atoms with E-state index >= 15 is 0 Å². The van der Waals surface area contributed by atoms with Gasteiger partial charge in [-0.2, -0.15) is 0 Å². The molecule has 2 aromatic rings. The Kier molecular flexibility index (Phi) is 9.28. The number of nitrogens with zero attached hydrogens (tertiary/aromatic N) is 4. The second-order valence-corrected chi connectivity index (χ2v) is 5.03. The summed E-state index contributed by atoms with van der Waals surface area (Å²) in [6.07, 6.45) is 2.51. The Bertz CT molecular complexity index is 626. The van der Waals surface area contributed by atoms with Crippen LogP contribution in [0, 0.1) is 5.82 Å². The summed E-state index contributed by atoms with van der Waals surface area (Å²) < 4.78 is 14.8. The smallest absolute Gasteiger partial charge is 0.191 e. The highest BCUT2D eigenvalue weighted by Crippen LogP contribution is 2.02. The maximum Gasteiger partial charge on any atom is 0.191 e. The van der Waals surface area contributed by atoms with Crippen molar-refractivity contribution >= 4 is 29.9 Å². The lowest BCUT2D eigenvalue weighted by Crippen LogP contribution is -2.38. The van der Waals surface area contributed by atoms with Gasteiger partial charge in [-0.25, -0.2) is 9.38 Å². The molecule has 1 aromatic carbocycles. The summed E-state index contributed by atoms with van der Waals surface area (Å²) >= 11 is 0. The first-order valence-corrected chi connectivity index (χ1v) is 7.86. The van der Waals surface area contributed by atoms with Crippen LogP contribution in [0.25, 0.3) is 0 Å². The van der Waals surface area contributed by atoms with Gasteiger partial charge in [0, 0.05) is 19.6 Å². The normalized spacial score (nSPS) is 11.0. The van der Waals surface area contributed by atoms with E-state index in [0.717, 1.165) is 43.4 Å². The van der Waals surface area contributed by atoms with E-state index in [-0.39, 0.29) is 29.8 Å². The predicted molar refractivity (Wildman–Crippen MR) is 104 cm³/mol. The van der Waals surface area contributed by atoms with Crippen molar-refractivity contribution in [1.82, 2.24) is 25.4 Å². The number of benzene rings is 1. The number of hydrogen-bond acceptors (Lipinski definition) is 3. The zero-order valence-electron chi connectivity index (χ0n) is 14.0. The first kappa shape index (κ1) is 20.3. The second kappa shape index (κ2) is 11.0. The summed E-state index contributed by atoms with van der Waals surface area (Å²) in [6.45, 7) is 6.86. The minimum absolute atomic E-state index is 0. The molecule has 0 radical (unpaired) electrons. The van der Waals surface area contributed by atoms with Crippen molar-refractivity contribution in [1.29, 1.82) is 0 Å². The molecule has 1 heterocycles. The van der Waals surface area contributed by atoms with Gasteiger partial charge in [0.2, 0.25) is 0 Å². The van der Waals surface area contributed by atoms with Gasteiger partial charge >= 0.3 is 0 Å². The van der Waals surface area contributed by atoms with Gasteiger partial charge in [-0.3, -0.25) is 0 Å².